The first kappa shape index (κ1) is 10.5. The molecule has 3 rings (SSSR count). The number of hydrogen-bond acceptors (Lipinski definition) is 0. The summed E-state index contributed by atoms with van der Waals surface area (Å²) in [5.41, 5.74) is 2.55. The quantitative estimate of drug-likeness (QED) is 0.560. The number of fused-ring (bicyclic) bond motifs is 1. The Kier molecular flexibility index (Phi) is 2.66. The molecule has 0 N–H and O–H groups in total. The van der Waals surface area contributed by atoms with Crippen molar-refractivity contribution in [2.45, 2.75) is 0 Å². The molecule has 1 heteroatoms. The molecule has 0 fully saturated rings. The second kappa shape index (κ2) is 4.31. The van der Waals surface area contributed by atoms with Gasteiger partial charge in [0.1, 0.15) is 0 Å². The lowest BCUT2D eigenvalue weighted by atomic mass is 10.0. The van der Waals surface area contributed by atoms with Crippen molar-refractivity contribution in [3.63, 3.8) is 0 Å². The van der Waals surface area contributed by atoms with E-state index in [0.717, 1.165) is 0 Å². The smallest absolute Gasteiger partial charge is 0.0106 e. The highest BCUT2D eigenvalue weighted by Gasteiger charge is 2.04. The molecule has 3 aromatic carbocycles. The molecule has 0 spiro atoms. The third-order valence-electron chi connectivity index (χ3n) is 3.06. The van der Waals surface area contributed by atoms with E-state index in [-0.39, 0.29) is 0 Å². The van der Waals surface area contributed by atoms with Crippen LogP contribution in [0.25, 0.3) is 21.9 Å². The summed E-state index contributed by atoms with van der Waals surface area (Å²) in [6, 6.07) is 23.4. The van der Waals surface area contributed by atoms with Gasteiger partial charge in [0.15, 0.2) is 0 Å². The van der Waals surface area contributed by atoms with Gasteiger partial charge in [-0.1, -0.05) is 66.7 Å². The van der Waals surface area contributed by atoms with E-state index in [1.54, 1.807) is 0 Å². The Morgan fingerprint density at radius 1 is 0.647 bits per heavy atom. The van der Waals surface area contributed by atoms with E-state index in [1.165, 1.54) is 27.2 Å². The van der Waals surface area contributed by atoms with E-state index in [4.69, 9.17) is 0 Å². The Labute approximate surface area is 104 Å². The highest BCUT2D eigenvalue weighted by atomic mass is 31.0. The molecule has 0 aliphatic rings. The molecule has 0 heterocycles. The average molecular weight is 236 g/mol. The summed E-state index contributed by atoms with van der Waals surface area (Å²) in [6.45, 7) is 0. The summed E-state index contributed by atoms with van der Waals surface area (Å²) in [5, 5.41) is 3.87. The SMILES string of the molecule is Pc1c(-c2ccccc2)ccc2ccccc12. The first-order valence-electron chi connectivity index (χ1n) is 5.69. The molecule has 0 amide bonds. The van der Waals surface area contributed by atoms with Gasteiger partial charge < -0.3 is 0 Å². The molecule has 3 aromatic rings. The molecule has 1 unspecified atom stereocenters. The van der Waals surface area contributed by atoms with Crippen molar-refractivity contribution in [3.8, 4) is 11.1 Å². The zero-order valence-corrected chi connectivity index (χ0v) is 10.6. The lowest BCUT2D eigenvalue weighted by Gasteiger charge is -2.09. The maximum atomic E-state index is 2.87. The van der Waals surface area contributed by atoms with E-state index in [1.807, 2.05) is 6.07 Å². The minimum atomic E-state index is 1.27. The number of benzene rings is 3. The fraction of sp³-hybridized carbons (Fsp3) is 0. The van der Waals surface area contributed by atoms with Gasteiger partial charge >= 0.3 is 0 Å². The monoisotopic (exact) mass is 236 g/mol. The number of hydrogen-bond donors (Lipinski definition) is 0. The molecule has 0 bridgehead atoms. The topological polar surface area (TPSA) is 0 Å². The van der Waals surface area contributed by atoms with Gasteiger partial charge in [-0.05, 0) is 27.2 Å². The summed E-state index contributed by atoms with van der Waals surface area (Å²) in [5.74, 6) is 0. The zero-order chi connectivity index (χ0) is 11.7. The standard InChI is InChI=1S/C16H13P/c17-16-14-9-5-4-8-13(14)10-11-15(16)12-6-2-1-3-7-12/h1-11H,17H2. The summed E-state index contributed by atoms with van der Waals surface area (Å²) in [7, 11) is 2.87. The van der Waals surface area contributed by atoms with Gasteiger partial charge in [-0.25, -0.2) is 0 Å². The molecule has 17 heavy (non-hydrogen) atoms. The highest BCUT2D eigenvalue weighted by Crippen LogP contribution is 2.24. The fourth-order valence-corrected chi connectivity index (χ4v) is 2.69. The molecular formula is C16H13P. The predicted octanol–water partition coefficient (Wildman–Crippen LogP) is 4.01. The molecule has 0 aliphatic heterocycles. The van der Waals surface area contributed by atoms with E-state index in [0.29, 0.717) is 0 Å². The van der Waals surface area contributed by atoms with Gasteiger partial charge in [0.2, 0.25) is 0 Å². The Balaban J connectivity index is 2.29. The molecule has 0 aliphatic carbocycles. The van der Waals surface area contributed by atoms with Gasteiger partial charge in [0.05, 0.1) is 0 Å². The van der Waals surface area contributed by atoms with Crippen LogP contribution in [0.15, 0.2) is 66.7 Å². The number of rotatable bonds is 1. The molecule has 0 nitrogen and oxygen atoms in total. The molecule has 82 valence electrons. The maximum absolute atomic E-state index is 2.87. The summed E-state index contributed by atoms with van der Waals surface area (Å²) in [6.07, 6.45) is 0. The first-order chi connectivity index (χ1) is 8.36. The van der Waals surface area contributed by atoms with E-state index < -0.39 is 0 Å². The van der Waals surface area contributed by atoms with Gasteiger partial charge in [0.25, 0.3) is 0 Å². The van der Waals surface area contributed by atoms with Crippen molar-refractivity contribution >= 4 is 25.3 Å². The van der Waals surface area contributed by atoms with Crippen molar-refractivity contribution in [2.24, 2.45) is 0 Å². The summed E-state index contributed by atoms with van der Waals surface area (Å²) < 4.78 is 0. The molecular weight excluding hydrogens is 223 g/mol. The van der Waals surface area contributed by atoms with E-state index in [9.17, 15) is 0 Å². The van der Waals surface area contributed by atoms with Gasteiger partial charge in [-0.15, -0.1) is 9.24 Å². The Hall–Kier alpha value is -1.65. The van der Waals surface area contributed by atoms with Crippen LogP contribution in [0.1, 0.15) is 0 Å². The first-order valence-corrected chi connectivity index (χ1v) is 6.26. The van der Waals surface area contributed by atoms with Crippen LogP contribution in [0.2, 0.25) is 0 Å². The molecule has 0 radical (unpaired) electrons. The van der Waals surface area contributed by atoms with Crippen LogP contribution in [0.5, 0.6) is 0 Å². The van der Waals surface area contributed by atoms with Gasteiger partial charge in [-0.3, -0.25) is 0 Å². The van der Waals surface area contributed by atoms with Crippen LogP contribution in [0, 0.1) is 0 Å². The van der Waals surface area contributed by atoms with Crippen LogP contribution in [-0.4, -0.2) is 0 Å². The summed E-state index contributed by atoms with van der Waals surface area (Å²) >= 11 is 0. The second-order valence-electron chi connectivity index (χ2n) is 4.11. The Bertz CT molecular complexity index is 657. The lowest BCUT2D eigenvalue weighted by molar-refractivity contribution is 1.66. The maximum Gasteiger partial charge on any atom is -0.0106 e. The predicted molar refractivity (Wildman–Crippen MR) is 78.7 cm³/mol. The van der Waals surface area contributed by atoms with Crippen LogP contribution >= 0.6 is 9.24 Å². The zero-order valence-electron chi connectivity index (χ0n) is 9.43. The van der Waals surface area contributed by atoms with Crippen LogP contribution in [0.4, 0.5) is 0 Å². The van der Waals surface area contributed by atoms with E-state index in [2.05, 4.69) is 69.9 Å². The molecule has 1 atom stereocenters. The van der Waals surface area contributed by atoms with Crippen molar-refractivity contribution in [1.29, 1.82) is 0 Å². The third kappa shape index (κ3) is 1.85. The molecule has 0 saturated carbocycles. The van der Waals surface area contributed by atoms with Crippen molar-refractivity contribution < 1.29 is 0 Å². The minimum Gasteiger partial charge on any atom is -0.104 e. The highest BCUT2D eigenvalue weighted by molar-refractivity contribution is 7.29. The molecule has 0 saturated heterocycles. The van der Waals surface area contributed by atoms with Crippen LogP contribution in [0.3, 0.4) is 0 Å². The van der Waals surface area contributed by atoms with Gasteiger partial charge in [-0.2, -0.15) is 0 Å². The Morgan fingerprint density at radius 3 is 2.18 bits per heavy atom. The Morgan fingerprint density at radius 2 is 1.35 bits per heavy atom. The third-order valence-corrected chi connectivity index (χ3v) is 3.68. The fourth-order valence-electron chi connectivity index (χ4n) is 2.17. The van der Waals surface area contributed by atoms with E-state index >= 15 is 0 Å². The van der Waals surface area contributed by atoms with Crippen molar-refractivity contribution in [3.05, 3.63) is 66.7 Å². The van der Waals surface area contributed by atoms with Crippen LogP contribution in [-0.2, 0) is 0 Å². The van der Waals surface area contributed by atoms with Crippen molar-refractivity contribution in [1.82, 2.24) is 0 Å². The minimum absolute atomic E-state index is 1.27. The normalized spacial score (nSPS) is 10.6. The second-order valence-corrected chi connectivity index (χ2v) is 4.69. The summed E-state index contributed by atoms with van der Waals surface area (Å²) in [4.78, 5) is 0. The largest absolute Gasteiger partial charge is 0.104 e. The molecule has 0 aromatic heterocycles. The average Bonchev–Trinajstić information content (AvgIpc) is 2.40. The van der Waals surface area contributed by atoms with Crippen molar-refractivity contribution in [2.75, 3.05) is 0 Å². The van der Waals surface area contributed by atoms with Crippen LogP contribution < -0.4 is 5.30 Å². The van der Waals surface area contributed by atoms with Gasteiger partial charge in [0, 0.05) is 0 Å². The lowest BCUT2D eigenvalue weighted by Crippen LogP contribution is -1.98.